The number of hydrogen-bond donors (Lipinski definition) is 1. The zero-order chi connectivity index (χ0) is 15.0. The molecule has 1 N–H and O–H groups in total. The lowest BCUT2D eigenvalue weighted by atomic mass is 9.93. The van der Waals surface area contributed by atoms with E-state index in [1.54, 1.807) is 6.20 Å². The summed E-state index contributed by atoms with van der Waals surface area (Å²) in [5, 5.41) is 11.5. The van der Waals surface area contributed by atoms with Crippen LogP contribution in [0.3, 0.4) is 0 Å². The van der Waals surface area contributed by atoms with Gasteiger partial charge in [-0.05, 0) is 48.7 Å². The van der Waals surface area contributed by atoms with Gasteiger partial charge in [-0.15, -0.1) is 0 Å². The van der Waals surface area contributed by atoms with Gasteiger partial charge in [-0.1, -0.05) is 24.3 Å². The van der Waals surface area contributed by atoms with Crippen LogP contribution in [0.2, 0.25) is 0 Å². The predicted molar refractivity (Wildman–Crippen MR) is 81.7 cm³/mol. The van der Waals surface area contributed by atoms with Crippen LogP contribution in [0.5, 0.6) is 0 Å². The molecule has 2 aromatic carbocycles. The highest BCUT2D eigenvalue weighted by Gasteiger charge is 2.20. The Hall–Kier alpha value is -2.26. The summed E-state index contributed by atoms with van der Waals surface area (Å²) in [7, 11) is 0. The van der Waals surface area contributed by atoms with E-state index in [0.717, 1.165) is 22.0 Å². The molecule has 3 heteroatoms. The van der Waals surface area contributed by atoms with E-state index in [0.29, 0.717) is 11.1 Å². The highest BCUT2D eigenvalue weighted by molar-refractivity contribution is 5.82. The van der Waals surface area contributed by atoms with Gasteiger partial charge in [0.2, 0.25) is 0 Å². The Morgan fingerprint density at radius 1 is 1.10 bits per heavy atom. The second kappa shape index (κ2) is 5.26. The van der Waals surface area contributed by atoms with E-state index in [2.05, 4.69) is 4.98 Å². The third-order valence-electron chi connectivity index (χ3n) is 3.73. The SMILES string of the molecule is Cc1cc(C)c(C(O)c2cccc3ncccc23)c(F)c1. The monoisotopic (exact) mass is 281 g/mol. The minimum absolute atomic E-state index is 0.331. The molecule has 3 aromatic rings. The summed E-state index contributed by atoms with van der Waals surface area (Å²) in [5.74, 6) is -0.374. The van der Waals surface area contributed by atoms with Crippen LogP contribution in [0.4, 0.5) is 4.39 Å². The van der Waals surface area contributed by atoms with Gasteiger partial charge in [-0.25, -0.2) is 4.39 Å². The number of aryl methyl sites for hydroxylation is 2. The topological polar surface area (TPSA) is 33.1 Å². The van der Waals surface area contributed by atoms with E-state index in [-0.39, 0.29) is 5.82 Å². The molecule has 0 spiro atoms. The van der Waals surface area contributed by atoms with E-state index in [4.69, 9.17) is 0 Å². The summed E-state index contributed by atoms with van der Waals surface area (Å²) in [5.41, 5.74) is 3.39. The van der Waals surface area contributed by atoms with Crippen LogP contribution < -0.4 is 0 Å². The molecule has 21 heavy (non-hydrogen) atoms. The Morgan fingerprint density at radius 3 is 2.67 bits per heavy atom. The fourth-order valence-electron chi connectivity index (χ4n) is 2.79. The fourth-order valence-corrected chi connectivity index (χ4v) is 2.79. The van der Waals surface area contributed by atoms with E-state index in [1.165, 1.54) is 6.07 Å². The van der Waals surface area contributed by atoms with Crippen LogP contribution >= 0.6 is 0 Å². The molecule has 1 aromatic heterocycles. The first-order chi connectivity index (χ1) is 10.1. The van der Waals surface area contributed by atoms with Crippen molar-refractivity contribution in [3.05, 3.63) is 76.7 Å². The Bertz CT molecular complexity index is 785. The Balaban J connectivity index is 2.20. The minimum atomic E-state index is -1.00. The maximum absolute atomic E-state index is 14.3. The van der Waals surface area contributed by atoms with Gasteiger partial charge in [0.25, 0.3) is 0 Å². The van der Waals surface area contributed by atoms with E-state index in [1.807, 2.05) is 50.2 Å². The Morgan fingerprint density at radius 2 is 1.90 bits per heavy atom. The second-order valence-corrected chi connectivity index (χ2v) is 5.30. The van der Waals surface area contributed by atoms with Crippen LogP contribution in [-0.4, -0.2) is 10.1 Å². The van der Waals surface area contributed by atoms with Crippen molar-refractivity contribution in [3.8, 4) is 0 Å². The number of nitrogens with zero attached hydrogens (tertiary/aromatic N) is 1. The molecular formula is C18H16FNO. The quantitative estimate of drug-likeness (QED) is 0.768. The molecule has 2 nitrogen and oxygen atoms in total. The van der Waals surface area contributed by atoms with Gasteiger partial charge in [0, 0.05) is 17.1 Å². The Labute approximate surface area is 122 Å². The molecule has 1 atom stereocenters. The third-order valence-corrected chi connectivity index (χ3v) is 3.73. The first-order valence-electron chi connectivity index (χ1n) is 6.86. The maximum Gasteiger partial charge on any atom is 0.129 e. The molecule has 0 aliphatic heterocycles. The molecule has 0 aliphatic rings. The van der Waals surface area contributed by atoms with Gasteiger partial charge >= 0.3 is 0 Å². The number of aliphatic hydroxyl groups is 1. The number of halogens is 1. The molecule has 0 bridgehead atoms. The molecule has 1 heterocycles. The highest BCUT2D eigenvalue weighted by atomic mass is 19.1. The van der Waals surface area contributed by atoms with Crippen molar-refractivity contribution < 1.29 is 9.50 Å². The summed E-state index contributed by atoms with van der Waals surface area (Å²) >= 11 is 0. The Kier molecular flexibility index (Phi) is 3.43. The van der Waals surface area contributed by atoms with Crippen molar-refractivity contribution in [2.75, 3.05) is 0 Å². The molecule has 0 saturated carbocycles. The number of fused-ring (bicyclic) bond motifs is 1. The van der Waals surface area contributed by atoms with E-state index in [9.17, 15) is 9.50 Å². The van der Waals surface area contributed by atoms with Gasteiger partial charge in [-0.2, -0.15) is 0 Å². The van der Waals surface area contributed by atoms with E-state index < -0.39 is 6.10 Å². The van der Waals surface area contributed by atoms with Crippen LogP contribution in [0.1, 0.15) is 28.4 Å². The number of pyridine rings is 1. The number of rotatable bonds is 2. The fraction of sp³-hybridized carbons (Fsp3) is 0.167. The molecule has 0 fully saturated rings. The minimum Gasteiger partial charge on any atom is -0.384 e. The van der Waals surface area contributed by atoms with Crippen molar-refractivity contribution in [1.29, 1.82) is 0 Å². The first-order valence-corrected chi connectivity index (χ1v) is 6.86. The van der Waals surface area contributed by atoms with Crippen molar-refractivity contribution >= 4 is 10.9 Å². The standard InChI is InChI=1S/C18H16FNO/c1-11-9-12(2)17(15(19)10-11)18(21)14-5-3-7-16-13(14)6-4-8-20-16/h3-10,18,21H,1-2H3. The van der Waals surface area contributed by atoms with Crippen LogP contribution in [0.15, 0.2) is 48.7 Å². The normalized spacial score (nSPS) is 12.6. The number of aromatic nitrogens is 1. The van der Waals surface area contributed by atoms with Gasteiger partial charge in [0.05, 0.1) is 5.52 Å². The third kappa shape index (κ3) is 2.41. The van der Waals surface area contributed by atoms with Crippen molar-refractivity contribution in [2.24, 2.45) is 0 Å². The molecule has 3 rings (SSSR count). The number of aliphatic hydroxyl groups excluding tert-OH is 1. The zero-order valence-corrected chi connectivity index (χ0v) is 12.0. The lowest BCUT2D eigenvalue weighted by Gasteiger charge is -2.17. The summed E-state index contributed by atoms with van der Waals surface area (Å²) < 4.78 is 14.3. The number of hydrogen-bond acceptors (Lipinski definition) is 2. The maximum atomic E-state index is 14.3. The van der Waals surface area contributed by atoms with Crippen LogP contribution in [-0.2, 0) is 0 Å². The molecule has 106 valence electrons. The van der Waals surface area contributed by atoms with Crippen molar-refractivity contribution in [2.45, 2.75) is 20.0 Å². The second-order valence-electron chi connectivity index (χ2n) is 5.30. The lowest BCUT2D eigenvalue weighted by Crippen LogP contribution is -2.06. The highest BCUT2D eigenvalue weighted by Crippen LogP contribution is 2.31. The summed E-state index contributed by atoms with van der Waals surface area (Å²) in [6.45, 7) is 3.66. The van der Waals surface area contributed by atoms with Crippen molar-refractivity contribution in [3.63, 3.8) is 0 Å². The van der Waals surface area contributed by atoms with Gasteiger partial charge in [0.1, 0.15) is 11.9 Å². The molecule has 0 aliphatic carbocycles. The smallest absolute Gasteiger partial charge is 0.129 e. The predicted octanol–water partition coefficient (Wildman–Crippen LogP) is 4.07. The largest absolute Gasteiger partial charge is 0.384 e. The van der Waals surface area contributed by atoms with Crippen molar-refractivity contribution in [1.82, 2.24) is 4.98 Å². The molecular weight excluding hydrogens is 265 g/mol. The van der Waals surface area contributed by atoms with Gasteiger partial charge in [0.15, 0.2) is 0 Å². The molecule has 0 saturated heterocycles. The summed E-state index contributed by atoms with van der Waals surface area (Å²) in [6, 6.07) is 12.6. The summed E-state index contributed by atoms with van der Waals surface area (Å²) in [6.07, 6.45) is 0.703. The molecule has 0 amide bonds. The van der Waals surface area contributed by atoms with Crippen LogP contribution in [0, 0.1) is 19.7 Å². The van der Waals surface area contributed by atoms with Gasteiger partial charge in [-0.3, -0.25) is 4.98 Å². The average molecular weight is 281 g/mol. The molecule has 1 unspecified atom stereocenters. The van der Waals surface area contributed by atoms with E-state index >= 15 is 0 Å². The number of benzene rings is 2. The first kappa shape index (κ1) is 13.7. The average Bonchev–Trinajstić information content (AvgIpc) is 2.45. The summed E-state index contributed by atoms with van der Waals surface area (Å²) in [4.78, 5) is 4.27. The lowest BCUT2D eigenvalue weighted by molar-refractivity contribution is 0.215. The van der Waals surface area contributed by atoms with Crippen LogP contribution in [0.25, 0.3) is 10.9 Å². The zero-order valence-electron chi connectivity index (χ0n) is 12.0. The molecule has 0 radical (unpaired) electrons. The van der Waals surface area contributed by atoms with Gasteiger partial charge < -0.3 is 5.11 Å².